The lowest BCUT2D eigenvalue weighted by atomic mass is 9.97. The summed E-state index contributed by atoms with van der Waals surface area (Å²) in [7, 11) is -3.19. The third-order valence-electron chi connectivity index (χ3n) is 5.49. The Bertz CT molecular complexity index is 1130. The number of nitrogens with zero attached hydrogens (tertiary/aromatic N) is 3. The molecular weight excluding hydrogens is 416 g/mol. The summed E-state index contributed by atoms with van der Waals surface area (Å²) in [6.07, 6.45) is 4.90. The molecule has 0 unspecified atom stereocenters. The van der Waals surface area contributed by atoms with E-state index in [0.29, 0.717) is 44.0 Å². The second-order valence-corrected chi connectivity index (χ2v) is 9.84. The second-order valence-electron chi connectivity index (χ2n) is 7.58. The number of rotatable bonds is 7. The summed E-state index contributed by atoms with van der Waals surface area (Å²) in [6, 6.07) is 13.1. The van der Waals surface area contributed by atoms with Gasteiger partial charge in [-0.05, 0) is 44.0 Å². The fourth-order valence-corrected chi connectivity index (χ4v) is 4.83. The Morgan fingerprint density at radius 1 is 1.19 bits per heavy atom. The average molecular weight is 443 g/mol. The van der Waals surface area contributed by atoms with Crippen LogP contribution in [-0.2, 0) is 21.4 Å². The van der Waals surface area contributed by atoms with Gasteiger partial charge in [-0.3, -0.25) is 4.79 Å². The first-order valence-electron chi connectivity index (χ1n) is 10.4. The van der Waals surface area contributed by atoms with Crippen molar-refractivity contribution in [1.29, 1.82) is 0 Å². The Morgan fingerprint density at radius 3 is 2.74 bits per heavy atom. The molecule has 9 heteroatoms. The molecule has 1 amide bonds. The Kier molecular flexibility index (Phi) is 6.24. The first kappa shape index (κ1) is 21.3. The van der Waals surface area contributed by atoms with Gasteiger partial charge in [0.15, 0.2) is 0 Å². The molecular formula is C22H26N4O4S. The third-order valence-corrected chi connectivity index (χ3v) is 7.37. The van der Waals surface area contributed by atoms with Crippen molar-refractivity contribution in [3.63, 3.8) is 0 Å². The SMILES string of the molecule is CCS(=O)(=O)N1CCC(C(=O)Nc2cccc(OCc3cn4ccccc4n3)c2)CC1. The predicted molar refractivity (Wildman–Crippen MR) is 118 cm³/mol. The van der Waals surface area contributed by atoms with E-state index in [-0.39, 0.29) is 17.6 Å². The summed E-state index contributed by atoms with van der Waals surface area (Å²) < 4.78 is 33.2. The van der Waals surface area contributed by atoms with Crippen molar-refractivity contribution in [3.8, 4) is 5.75 Å². The lowest BCUT2D eigenvalue weighted by Gasteiger charge is -2.30. The Balaban J connectivity index is 1.32. The molecule has 8 nitrogen and oxygen atoms in total. The molecule has 164 valence electrons. The van der Waals surface area contributed by atoms with E-state index < -0.39 is 10.0 Å². The van der Waals surface area contributed by atoms with E-state index >= 15 is 0 Å². The minimum atomic E-state index is -3.19. The number of nitrogens with one attached hydrogen (secondary N) is 1. The highest BCUT2D eigenvalue weighted by molar-refractivity contribution is 7.89. The van der Waals surface area contributed by atoms with Gasteiger partial charge in [-0.25, -0.2) is 17.7 Å². The maximum absolute atomic E-state index is 12.7. The largest absolute Gasteiger partial charge is 0.487 e. The van der Waals surface area contributed by atoms with Crippen molar-refractivity contribution in [3.05, 3.63) is 60.6 Å². The Labute approximate surface area is 181 Å². The van der Waals surface area contributed by atoms with Crippen LogP contribution in [-0.4, -0.2) is 46.9 Å². The summed E-state index contributed by atoms with van der Waals surface area (Å²) in [5.41, 5.74) is 2.33. The number of carbonyl (C=O) groups is 1. The first-order valence-corrected chi connectivity index (χ1v) is 12.0. The van der Waals surface area contributed by atoms with E-state index in [1.54, 1.807) is 13.0 Å². The molecule has 3 aromatic rings. The van der Waals surface area contributed by atoms with Crippen molar-refractivity contribution in [2.45, 2.75) is 26.4 Å². The lowest BCUT2D eigenvalue weighted by molar-refractivity contribution is -0.120. The number of hydrogen-bond acceptors (Lipinski definition) is 5. The fraction of sp³-hybridized carbons (Fsp3) is 0.364. The molecule has 0 atom stereocenters. The molecule has 0 radical (unpaired) electrons. The zero-order valence-corrected chi connectivity index (χ0v) is 18.2. The van der Waals surface area contributed by atoms with Crippen LogP contribution in [0.1, 0.15) is 25.5 Å². The number of aromatic nitrogens is 2. The number of fused-ring (bicyclic) bond motifs is 1. The summed E-state index contributed by atoms with van der Waals surface area (Å²) in [5.74, 6) is 0.432. The van der Waals surface area contributed by atoms with E-state index in [0.717, 1.165) is 11.3 Å². The molecule has 3 heterocycles. The van der Waals surface area contributed by atoms with Gasteiger partial charge < -0.3 is 14.5 Å². The fourth-order valence-electron chi connectivity index (χ4n) is 3.70. The van der Waals surface area contributed by atoms with Gasteiger partial charge in [-0.15, -0.1) is 0 Å². The van der Waals surface area contributed by atoms with Gasteiger partial charge in [-0.1, -0.05) is 12.1 Å². The van der Waals surface area contributed by atoms with Crippen LogP contribution in [0.5, 0.6) is 5.75 Å². The predicted octanol–water partition coefficient (Wildman–Crippen LogP) is 2.91. The molecule has 1 fully saturated rings. The van der Waals surface area contributed by atoms with Gasteiger partial charge in [0.25, 0.3) is 0 Å². The Morgan fingerprint density at radius 2 is 2.00 bits per heavy atom. The Hall–Kier alpha value is -2.91. The van der Waals surface area contributed by atoms with Crippen LogP contribution >= 0.6 is 0 Å². The van der Waals surface area contributed by atoms with E-state index in [2.05, 4.69) is 10.3 Å². The number of amides is 1. The van der Waals surface area contributed by atoms with Crippen molar-refractivity contribution < 1.29 is 17.9 Å². The number of pyridine rings is 1. The molecule has 0 spiro atoms. The third kappa shape index (κ3) is 5.05. The molecule has 2 aromatic heterocycles. The molecule has 31 heavy (non-hydrogen) atoms. The van der Waals surface area contributed by atoms with Crippen molar-refractivity contribution in [1.82, 2.24) is 13.7 Å². The van der Waals surface area contributed by atoms with Gasteiger partial charge in [0.2, 0.25) is 15.9 Å². The van der Waals surface area contributed by atoms with E-state index in [1.807, 2.05) is 53.2 Å². The van der Waals surface area contributed by atoms with Gasteiger partial charge in [0.1, 0.15) is 18.0 Å². The number of ether oxygens (including phenoxy) is 1. The maximum atomic E-state index is 12.7. The molecule has 1 aliphatic heterocycles. The molecule has 1 saturated heterocycles. The topological polar surface area (TPSA) is 93.0 Å². The van der Waals surface area contributed by atoms with E-state index in [1.165, 1.54) is 4.31 Å². The van der Waals surface area contributed by atoms with Gasteiger partial charge in [0.05, 0.1) is 11.4 Å². The van der Waals surface area contributed by atoms with Crippen LogP contribution in [0.2, 0.25) is 0 Å². The highest BCUT2D eigenvalue weighted by atomic mass is 32.2. The maximum Gasteiger partial charge on any atom is 0.227 e. The molecule has 1 aliphatic rings. The molecule has 4 rings (SSSR count). The minimum Gasteiger partial charge on any atom is -0.487 e. The molecule has 1 N–H and O–H groups in total. The normalized spacial score (nSPS) is 15.8. The first-order chi connectivity index (χ1) is 14.9. The lowest BCUT2D eigenvalue weighted by Crippen LogP contribution is -2.42. The monoisotopic (exact) mass is 442 g/mol. The molecule has 0 aliphatic carbocycles. The van der Waals surface area contributed by atoms with Gasteiger partial charge in [-0.2, -0.15) is 0 Å². The summed E-state index contributed by atoms with van der Waals surface area (Å²) >= 11 is 0. The number of anilines is 1. The van der Waals surface area contributed by atoms with Crippen molar-refractivity contribution >= 4 is 27.3 Å². The quantitative estimate of drug-likeness (QED) is 0.607. The van der Waals surface area contributed by atoms with Crippen LogP contribution in [0.3, 0.4) is 0 Å². The highest BCUT2D eigenvalue weighted by Gasteiger charge is 2.30. The van der Waals surface area contributed by atoms with Crippen LogP contribution in [0.15, 0.2) is 54.9 Å². The van der Waals surface area contributed by atoms with E-state index in [9.17, 15) is 13.2 Å². The number of piperidine rings is 1. The van der Waals surface area contributed by atoms with E-state index in [4.69, 9.17) is 4.74 Å². The van der Waals surface area contributed by atoms with Gasteiger partial charge >= 0.3 is 0 Å². The summed E-state index contributed by atoms with van der Waals surface area (Å²) in [6.45, 7) is 2.73. The summed E-state index contributed by atoms with van der Waals surface area (Å²) in [5, 5.41) is 2.93. The minimum absolute atomic E-state index is 0.0889. The standard InChI is InChI=1S/C22H26N4O4S/c1-2-31(28,29)26-12-9-17(10-13-26)22(27)24-18-6-5-7-20(14-18)30-16-19-15-25-11-4-3-8-21(25)23-19/h3-8,11,14-15,17H,2,9-10,12-13,16H2,1H3,(H,24,27). The number of carbonyl (C=O) groups excluding carboxylic acids is 1. The highest BCUT2D eigenvalue weighted by Crippen LogP contribution is 2.23. The zero-order chi connectivity index (χ0) is 21.8. The number of sulfonamides is 1. The van der Waals surface area contributed by atoms with Crippen LogP contribution in [0.25, 0.3) is 5.65 Å². The van der Waals surface area contributed by atoms with Crippen LogP contribution in [0, 0.1) is 5.92 Å². The number of hydrogen-bond donors (Lipinski definition) is 1. The smallest absolute Gasteiger partial charge is 0.227 e. The van der Waals surface area contributed by atoms with Crippen molar-refractivity contribution in [2.75, 3.05) is 24.2 Å². The average Bonchev–Trinajstić information content (AvgIpc) is 3.21. The van der Waals surface area contributed by atoms with Crippen molar-refractivity contribution in [2.24, 2.45) is 5.92 Å². The molecule has 0 bridgehead atoms. The number of benzene rings is 1. The van der Waals surface area contributed by atoms with Crippen LogP contribution < -0.4 is 10.1 Å². The molecule has 1 aromatic carbocycles. The van der Waals surface area contributed by atoms with Crippen LogP contribution in [0.4, 0.5) is 5.69 Å². The summed E-state index contributed by atoms with van der Waals surface area (Å²) in [4.78, 5) is 17.2. The molecule has 0 saturated carbocycles. The second kappa shape index (κ2) is 9.07. The van der Waals surface area contributed by atoms with Gasteiger partial charge in [0, 0.05) is 43.2 Å². The number of imidazole rings is 1. The zero-order valence-electron chi connectivity index (χ0n) is 17.4.